The molecule has 0 fully saturated rings. The first kappa shape index (κ1) is 17.5. The number of anilines is 1. The lowest BCUT2D eigenvalue weighted by molar-refractivity contribution is 0.0977. The fourth-order valence-electron chi connectivity index (χ4n) is 2.44. The van der Waals surface area contributed by atoms with Crippen molar-refractivity contribution in [1.29, 1.82) is 0 Å². The number of nitrogens with zero attached hydrogens (tertiary/aromatic N) is 4. The number of aromatic nitrogens is 2. The smallest absolute Gasteiger partial charge is 0.282 e. The molecule has 3 aromatic rings. The molecule has 0 bridgehead atoms. The van der Waals surface area contributed by atoms with Crippen molar-refractivity contribution in [3.05, 3.63) is 41.5 Å². The Morgan fingerprint density at radius 2 is 2.08 bits per heavy atom. The molecule has 0 aliphatic heterocycles. The number of halogens is 1. The van der Waals surface area contributed by atoms with Crippen molar-refractivity contribution in [2.24, 2.45) is 0 Å². The molecular weight excluding hydrogens is 343 g/mol. The van der Waals surface area contributed by atoms with Gasteiger partial charge in [0.15, 0.2) is 10.8 Å². The van der Waals surface area contributed by atoms with Gasteiger partial charge in [-0.25, -0.2) is 9.37 Å². The molecule has 0 atom stereocenters. The van der Waals surface area contributed by atoms with Gasteiger partial charge in [0.05, 0.1) is 10.2 Å². The van der Waals surface area contributed by atoms with Gasteiger partial charge in [0.25, 0.3) is 5.91 Å². The maximum absolute atomic E-state index is 13.4. The van der Waals surface area contributed by atoms with Gasteiger partial charge in [-0.3, -0.25) is 9.69 Å². The van der Waals surface area contributed by atoms with E-state index < -0.39 is 0 Å². The predicted molar refractivity (Wildman–Crippen MR) is 95.7 cm³/mol. The third kappa shape index (κ3) is 4.02. The third-order valence-corrected chi connectivity index (χ3v) is 4.69. The summed E-state index contributed by atoms with van der Waals surface area (Å²) in [6.45, 7) is 3.06. The van der Waals surface area contributed by atoms with Crippen molar-refractivity contribution < 1.29 is 13.7 Å². The average molecular weight is 362 g/mol. The quantitative estimate of drug-likeness (QED) is 0.673. The Morgan fingerprint density at radius 1 is 1.28 bits per heavy atom. The van der Waals surface area contributed by atoms with E-state index in [1.54, 1.807) is 24.0 Å². The topological polar surface area (TPSA) is 62.5 Å². The summed E-state index contributed by atoms with van der Waals surface area (Å²) < 4.78 is 19.2. The molecule has 132 valence electrons. The lowest BCUT2D eigenvalue weighted by atomic mass is 10.3. The van der Waals surface area contributed by atoms with Crippen LogP contribution in [-0.2, 0) is 0 Å². The highest BCUT2D eigenvalue weighted by Gasteiger charge is 2.23. The molecule has 0 saturated carbocycles. The second kappa shape index (κ2) is 7.28. The van der Waals surface area contributed by atoms with Crippen LogP contribution in [-0.4, -0.2) is 48.1 Å². The second-order valence-corrected chi connectivity index (χ2v) is 7.05. The number of rotatable bonds is 6. The van der Waals surface area contributed by atoms with Crippen LogP contribution < -0.4 is 4.90 Å². The number of fused-ring (bicyclic) bond motifs is 1. The molecule has 6 nitrogen and oxygen atoms in total. The third-order valence-electron chi connectivity index (χ3n) is 3.65. The summed E-state index contributed by atoms with van der Waals surface area (Å²) in [5.74, 6) is -0.0154. The predicted octanol–water partition coefficient (Wildman–Crippen LogP) is 3.33. The van der Waals surface area contributed by atoms with Gasteiger partial charge in [0.1, 0.15) is 11.6 Å². The first-order chi connectivity index (χ1) is 11.9. The van der Waals surface area contributed by atoms with Gasteiger partial charge in [-0.15, -0.1) is 0 Å². The molecule has 3 rings (SSSR count). The number of carbonyl (C=O) groups excluding carboxylic acids is 1. The fourth-order valence-corrected chi connectivity index (χ4v) is 3.45. The Labute approximate surface area is 148 Å². The van der Waals surface area contributed by atoms with Crippen LogP contribution in [0.1, 0.15) is 22.7 Å². The van der Waals surface area contributed by atoms with Crippen molar-refractivity contribution in [3.63, 3.8) is 0 Å². The van der Waals surface area contributed by atoms with Crippen molar-refractivity contribution >= 4 is 32.6 Å². The normalized spacial score (nSPS) is 11.4. The van der Waals surface area contributed by atoms with Gasteiger partial charge in [-0.1, -0.05) is 16.5 Å². The number of benzene rings is 1. The van der Waals surface area contributed by atoms with Crippen LogP contribution in [0.15, 0.2) is 28.8 Å². The van der Waals surface area contributed by atoms with Crippen LogP contribution >= 0.6 is 11.3 Å². The lowest BCUT2D eigenvalue weighted by Crippen LogP contribution is -2.33. The molecule has 0 unspecified atom stereocenters. The summed E-state index contributed by atoms with van der Waals surface area (Å²) in [7, 11) is 3.96. The molecule has 0 spiro atoms. The molecule has 1 aromatic carbocycles. The molecule has 25 heavy (non-hydrogen) atoms. The SMILES string of the molecule is Cc1cc(C(=O)N(CCCN(C)C)c2nc3ccc(F)cc3s2)no1. The Bertz CT molecular complexity index is 890. The van der Waals surface area contributed by atoms with E-state index >= 15 is 0 Å². The van der Waals surface area contributed by atoms with E-state index in [0.29, 0.717) is 27.7 Å². The first-order valence-corrected chi connectivity index (χ1v) is 8.71. The summed E-state index contributed by atoms with van der Waals surface area (Å²) in [6.07, 6.45) is 0.778. The van der Waals surface area contributed by atoms with E-state index in [1.807, 2.05) is 14.1 Å². The number of carbonyl (C=O) groups is 1. The number of hydrogen-bond acceptors (Lipinski definition) is 6. The molecule has 8 heteroatoms. The molecule has 2 aromatic heterocycles. The fraction of sp³-hybridized carbons (Fsp3) is 0.353. The molecule has 2 heterocycles. The molecular formula is C17H19FN4O2S. The molecule has 0 saturated heterocycles. The van der Waals surface area contributed by atoms with Gasteiger partial charge in [-0.2, -0.15) is 0 Å². The Hall–Kier alpha value is -2.32. The zero-order valence-corrected chi connectivity index (χ0v) is 15.1. The summed E-state index contributed by atoms with van der Waals surface area (Å²) in [5, 5.41) is 4.35. The number of aryl methyl sites for hydroxylation is 1. The molecule has 0 N–H and O–H groups in total. The minimum absolute atomic E-state index is 0.243. The van der Waals surface area contributed by atoms with Crippen molar-refractivity contribution in [2.45, 2.75) is 13.3 Å². The first-order valence-electron chi connectivity index (χ1n) is 7.90. The maximum atomic E-state index is 13.4. The highest BCUT2D eigenvalue weighted by Crippen LogP contribution is 2.30. The number of hydrogen-bond donors (Lipinski definition) is 0. The Kier molecular flexibility index (Phi) is 5.10. The van der Waals surface area contributed by atoms with Gasteiger partial charge >= 0.3 is 0 Å². The lowest BCUT2D eigenvalue weighted by Gasteiger charge is -2.19. The largest absolute Gasteiger partial charge is 0.361 e. The monoisotopic (exact) mass is 362 g/mol. The van der Waals surface area contributed by atoms with Crippen LogP contribution in [0.2, 0.25) is 0 Å². The summed E-state index contributed by atoms with van der Waals surface area (Å²) in [5.41, 5.74) is 0.913. The van der Waals surface area contributed by atoms with Gasteiger partial charge in [0.2, 0.25) is 0 Å². The zero-order valence-electron chi connectivity index (χ0n) is 14.3. The summed E-state index contributed by atoms with van der Waals surface area (Å²) in [6, 6.07) is 6.02. The van der Waals surface area contributed by atoms with Gasteiger partial charge < -0.3 is 9.42 Å². The summed E-state index contributed by atoms with van der Waals surface area (Å²) in [4.78, 5) is 21.0. The van der Waals surface area contributed by atoms with Crippen molar-refractivity contribution in [2.75, 3.05) is 32.1 Å². The average Bonchev–Trinajstić information content (AvgIpc) is 3.16. The highest BCUT2D eigenvalue weighted by molar-refractivity contribution is 7.22. The van der Waals surface area contributed by atoms with Crippen LogP contribution in [0.4, 0.5) is 9.52 Å². The van der Waals surface area contributed by atoms with Crippen LogP contribution in [0.25, 0.3) is 10.2 Å². The van der Waals surface area contributed by atoms with Crippen molar-refractivity contribution in [3.8, 4) is 0 Å². The van der Waals surface area contributed by atoms with Gasteiger partial charge in [0, 0.05) is 12.6 Å². The van der Waals surface area contributed by atoms with E-state index in [-0.39, 0.29) is 17.4 Å². The minimum Gasteiger partial charge on any atom is -0.361 e. The van der Waals surface area contributed by atoms with Crippen molar-refractivity contribution in [1.82, 2.24) is 15.0 Å². The number of amides is 1. The molecule has 1 amide bonds. The second-order valence-electron chi connectivity index (χ2n) is 6.04. The molecule has 0 radical (unpaired) electrons. The zero-order chi connectivity index (χ0) is 18.0. The van der Waals surface area contributed by atoms with E-state index in [9.17, 15) is 9.18 Å². The number of thiazole rings is 1. The Morgan fingerprint density at radius 3 is 2.76 bits per heavy atom. The Balaban J connectivity index is 1.92. The minimum atomic E-state index is -0.319. The highest BCUT2D eigenvalue weighted by atomic mass is 32.1. The van der Waals surface area contributed by atoms with Crippen LogP contribution in [0, 0.1) is 12.7 Å². The van der Waals surface area contributed by atoms with Crippen LogP contribution in [0.5, 0.6) is 0 Å². The molecule has 0 aliphatic carbocycles. The summed E-state index contributed by atoms with van der Waals surface area (Å²) >= 11 is 1.29. The standard InChI is InChI=1S/C17H19FN4O2S/c1-11-9-14(20-24-11)16(23)22(8-4-7-21(2)3)17-19-13-6-5-12(18)10-15(13)25-17/h5-6,9-10H,4,7-8H2,1-3H3. The van der Waals surface area contributed by atoms with Gasteiger partial charge in [-0.05, 0) is 52.2 Å². The van der Waals surface area contributed by atoms with E-state index in [2.05, 4.69) is 15.0 Å². The van der Waals surface area contributed by atoms with E-state index in [0.717, 1.165) is 13.0 Å². The maximum Gasteiger partial charge on any atom is 0.282 e. The van der Waals surface area contributed by atoms with E-state index in [1.165, 1.54) is 23.5 Å². The molecule has 0 aliphatic rings. The van der Waals surface area contributed by atoms with E-state index in [4.69, 9.17) is 4.52 Å². The van der Waals surface area contributed by atoms with Crippen LogP contribution in [0.3, 0.4) is 0 Å².